The molecule has 2 saturated heterocycles. The number of rotatable bonds is 3. The quantitative estimate of drug-likeness (QED) is 0.687. The van der Waals surface area contributed by atoms with E-state index in [9.17, 15) is 9.90 Å². The van der Waals surface area contributed by atoms with Crippen LogP contribution in [0.5, 0.6) is 0 Å². The molecule has 0 amide bonds. The fraction of sp³-hybridized carbons (Fsp3) is 0.923. The lowest BCUT2D eigenvalue weighted by atomic mass is 9.84. The number of methoxy groups -OCH3 is 1. The Labute approximate surface area is 108 Å². The van der Waals surface area contributed by atoms with Gasteiger partial charge in [0.05, 0.1) is 7.11 Å². The molecule has 3 atom stereocenters. The predicted molar refractivity (Wildman–Crippen MR) is 68.1 cm³/mol. The second kappa shape index (κ2) is 4.47. The van der Waals surface area contributed by atoms with Crippen molar-refractivity contribution in [1.82, 2.24) is 10.2 Å². The second-order valence-electron chi connectivity index (χ2n) is 6.32. The zero-order valence-corrected chi connectivity index (χ0v) is 11.7. The number of carbonyl (C=O) groups excluding carboxylic acids is 1. The highest BCUT2D eigenvalue weighted by Gasteiger charge is 2.51. The van der Waals surface area contributed by atoms with E-state index >= 15 is 0 Å². The van der Waals surface area contributed by atoms with E-state index in [0.717, 1.165) is 19.6 Å². The second-order valence-corrected chi connectivity index (χ2v) is 6.32. The number of ether oxygens (including phenoxy) is 1. The molecule has 0 aromatic carbocycles. The normalized spacial score (nSPS) is 34.1. The molecule has 0 radical (unpaired) electrons. The smallest absolute Gasteiger partial charge is 0.338 e. The largest absolute Gasteiger partial charge is 0.467 e. The van der Waals surface area contributed by atoms with E-state index in [-0.39, 0.29) is 5.54 Å². The molecule has 0 saturated carbocycles. The van der Waals surface area contributed by atoms with Gasteiger partial charge in [0.15, 0.2) is 5.60 Å². The molecular formula is C13H24N2O3. The molecule has 18 heavy (non-hydrogen) atoms. The summed E-state index contributed by atoms with van der Waals surface area (Å²) in [6.07, 6.45) is 0. The minimum absolute atomic E-state index is 0.00613. The van der Waals surface area contributed by atoms with Crippen LogP contribution in [0.1, 0.15) is 20.8 Å². The summed E-state index contributed by atoms with van der Waals surface area (Å²) in [5, 5.41) is 13.6. The number of carbonyl (C=O) groups is 1. The molecule has 2 fully saturated rings. The number of likely N-dealkylation sites (tertiary alicyclic amines) is 1. The number of β-amino-alcohol motifs (C(OH)–C–C–N with tert-alkyl or cyclic N) is 1. The fourth-order valence-corrected chi connectivity index (χ4v) is 3.43. The van der Waals surface area contributed by atoms with Crippen LogP contribution in [0.3, 0.4) is 0 Å². The summed E-state index contributed by atoms with van der Waals surface area (Å²) in [6, 6.07) is 0. The first kappa shape index (κ1) is 13.8. The first-order valence-electron chi connectivity index (χ1n) is 6.55. The van der Waals surface area contributed by atoms with Gasteiger partial charge in [-0.3, -0.25) is 4.90 Å². The Bertz CT molecular complexity index is 341. The van der Waals surface area contributed by atoms with Gasteiger partial charge in [-0.15, -0.1) is 0 Å². The van der Waals surface area contributed by atoms with E-state index in [0.29, 0.717) is 18.4 Å². The average molecular weight is 256 g/mol. The van der Waals surface area contributed by atoms with E-state index < -0.39 is 11.6 Å². The minimum Gasteiger partial charge on any atom is -0.467 e. The lowest BCUT2D eigenvalue weighted by Crippen LogP contribution is -2.53. The van der Waals surface area contributed by atoms with Gasteiger partial charge in [0.2, 0.25) is 0 Å². The summed E-state index contributed by atoms with van der Waals surface area (Å²) in [7, 11) is 1.31. The molecule has 2 aliphatic rings. The number of fused-ring (bicyclic) bond motifs is 1. The Hall–Kier alpha value is -0.650. The van der Waals surface area contributed by atoms with E-state index in [4.69, 9.17) is 0 Å². The molecule has 2 aliphatic heterocycles. The molecule has 104 valence electrons. The summed E-state index contributed by atoms with van der Waals surface area (Å²) < 4.78 is 4.66. The van der Waals surface area contributed by atoms with E-state index in [1.54, 1.807) is 0 Å². The third kappa shape index (κ3) is 2.15. The van der Waals surface area contributed by atoms with Crippen molar-refractivity contribution >= 4 is 5.97 Å². The molecule has 5 nitrogen and oxygen atoms in total. The predicted octanol–water partition coefficient (Wildman–Crippen LogP) is -0.160. The fourth-order valence-electron chi connectivity index (χ4n) is 3.43. The number of nitrogens with zero attached hydrogens (tertiary/aromatic N) is 1. The highest BCUT2D eigenvalue weighted by molar-refractivity contribution is 5.78. The average Bonchev–Trinajstić information content (AvgIpc) is 2.82. The highest BCUT2D eigenvalue weighted by Crippen LogP contribution is 2.41. The van der Waals surface area contributed by atoms with Crippen LogP contribution in [0.4, 0.5) is 0 Å². The van der Waals surface area contributed by atoms with Gasteiger partial charge in [0.25, 0.3) is 0 Å². The Balaban J connectivity index is 2.09. The van der Waals surface area contributed by atoms with Crippen molar-refractivity contribution in [3.63, 3.8) is 0 Å². The first-order valence-corrected chi connectivity index (χ1v) is 6.55. The number of aliphatic hydroxyl groups is 1. The molecule has 3 unspecified atom stereocenters. The zero-order valence-electron chi connectivity index (χ0n) is 11.7. The van der Waals surface area contributed by atoms with Crippen molar-refractivity contribution < 1.29 is 14.6 Å². The molecule has 0 aromatic rings. The summed E-state index contributed by atoms with van der Waals surface area (Å²) in [5.74, 6) is 0.646. The number of hydrogen-bond acceptors (Lipinski definition) is 5. The van der Waals surface area contributed by atoms with Gasteiger partial charge in [0.1, 0.15) is 0 Å². The van der Waals surface area contributed by atoms with Crippen LogP contribution in [-0.2, 0) is 9.53 Å². The maximum Gasteiger partial charge on any atom is 0.338 e. The van der Waals surface area contributed by atoms with Crippen molar-refractivity contribution in [2.75, 3.05) is 33.3 Å². The van der Waals surface area contributed by atoms with Gasteiger partial charge >= 0.3 is 5.97 Å². The van der Waals surface area contributed by atoms with E-state index in [1.165, 1.54) is 14.0 Å². The van der Waals surface area contributed by atoms with Crippen LogP contribution >= 0.6 is 0 Å². The molecular weight excluding hydrogens is 232 g/mol. The van der Waals surface area contributed by atoms with Crippen molar-refractivity contribution in [3.05, 3.63) is 0 Å². The number of hydrogen-bond donors (Lipinski definition) is 2. The Morgan fingerprint density at radius 2 is 2.22 bits per heavy atom. The molecule has 2 rings (SSSR count). The molecule has 0 spiro atoms. The van der Waals surface area contributed by atoms with Crippen LogP contribution < -0.4 is 5.32 Å². The molecule has 0 aromatic heterocycles. The lowest BCUT2D eigenvalue weighted by molar-refractivity contribution is -0.163. The maximum atomic E-state index is 11.6. The monoisotopic (exact) mass is 256 g/mol. The standard InChI is InChI=1S/C13H24N2O3/c1-12(2)10-6-14-5-9(10)7-15(12)8-13(3,17)11(16)18-4/h9-10,14,17H,5-8H2,1-4H3. The third-order valence-corrected chi connectivity index (χ3v) is 4.64. The maximum absolute atomic E-state index is 11.6. The van der Waals surface area contributed by atoms with E-state index in [1.807, 2.05) is 0 Å². The van der Waals surface area contributed by atoms with Gasteiger partial charge < -0.3 is 15.2 Å². The Morgan fingerprint density at radius 1 is 1.56 bits per heavy atom. The van der Waals surface area contributed by atoms with Gasteiger partial charge in [0, 0.05) is 25.2 Å². The molecule has 5 heteroatoms. The highest BCUT2D eigenvalue weighted by atomic mass is 16.5. The summed E-state index contributed by atoms with van der Waals surface area (Å²) in [4.78, 5) is 13.8. The SMILES string of the molecule is COC(=O)C(C)(O)CN1CC2CNCC2C1(C)C. The summed E-state index contributed by atoms with van der Waals surface area (Å²) in [6.45, 7) is 9.23. The van der Waals surface area contributed by atoms with Crippen molar-refractivity contribution in [3.8, 4) is 0 Å². The minimum atomic E-state index is -1.43. The van der Waals surface area contributed by atoms with Crippen molar-refractivity contribution in [1.29, 1.82) is 0 Å². The van der Waals surface area contributed by atoms with Crippen LogP contribution in [0.25, 0.3) is 0 Å². The van der Waals surface area contributed by atoms with E-state index in [2.05, 4.69) is 28.8 Å². The number of esters is 1. The van der Waals surface area contributed by atoms with Gasteiger partial charge in [-0.2, -0.15) is 0 Å². The third-order valence-electron chi connectivity index (χ3n) is 4.64. The summed E-state index contributed by atoms with van der Waals surface area (Å²) in [5.41, 5.74) is -1.43. The molecule has 2 N–H and O–H groups in total. The van der Waals surface area contributed by atoms with Gasteiger partial charge in [-0.1, -0.05) is 0 Å². The van der Waals surface area contributed by atoms with Crippen molar-refractivity contribution in [2.24, 2.45) is 11.8 Å². The van der Waals surface area contributed by atoms with Crippen molar-refractivity contribution in [2.45, 2.75) is 31.9 Å². The molecule has 0 bridgehead atoms. The number of nitrogens with one attached hydrogen (secondary N) is 1. The molecule has 0 aliphatic carbocycles. The van der Waals surface area contributed by atoms with Gasteiger partial charge in [-0.25, -0.2) is 4.79 Å². The van der Waals surface area contributed by atoms with Crippen LogP contribution in [0, 0.1) is 11.8 Å². The Kier molecular flexibility index (Phi) is 3.42. The zero-order chi connectivity index (χ0) is 13.6. The Morgan fingerprint density at radius 3 is 2.78 bits per heavy atom. The molecule has 2 heterocycles. The van der Waals surface area contributed by atoms with Gasteiger partial charge in [-0.05, 0) is 39.2 Å². The van der Waals surface area contributed by atoms with Crippen LogP contribution in [0.15, 0.2) is 0 Å². The summed E-state index contributed by atoms with van der Waals surface area (Å²) >= 11 is 0. The van der Waals surface area contributed by atoms with Crippen LogP contribution in [-0.4, -0.2) is 60.4 Å². The first-order chi connectivity index (χ1) is 8.29. The topological polar surface area (TPSA) is 61.8 Å². The lowest BCUT2D eigenvalue weighted by Gasteiger charge is -2.38. The van der Waals surface area contributed by atoms with Crippen LogP contribution in [0.2, 0.25) is 0 Å².